The van der Waals surface area contributed by atoms with Crippen molar-refractivity contribution in [2.24, 2.45) is 0 Å². The second-order valence-corrected chi connectivity index (χ2v) is 8.95. The van der Waals surface area contributed by atoms with E-state index in [2.05, 4.69) is 10.0 Å². The van der Waals surface area contributed by atoms with Crippen molar-refractivity contribution in [3.8, 4) is 0 Å². The molecular formula is C26H22N2O3S. The normalized spacial score (nSPS) is 11.0. The summed E-state index contributed by atoms with van der Waals surface area (Å²) in [5.41, 5.74) is 3.73. The molecule has 0 aliphatic rings. The second kappa shape index (κ2) is 9.49. The van der Waals surface area contributed by atoms with Gasteiger partial charge in [-0.2, -0.15) is 0 Å². The van der Waals surface area contributed by atoms with Crippen LogP contribution < -0.4 is 10.0 Å². The summed E-state index contributed by atoms with van der Waals surface area (Å²) in [6.07, 6.45) is 0.706. The van der Waals surface area contributed by atoms with Crippen LogP contribution in [0.3, 0.4) is 0 Å². The number of anilines is 2. The average Bonchev–Trinajstić information content (AvgIpc) is 2.82. The molecule has 0 fully saturated rings. The maximum atomic E-state index is 12.8. The summed E-state index contributed by atoms with van der Waals surface area (Å²) in [5.74, 6) is -0.261. The molecule has 0 bridgehead atoms. The second-order valence-electron chi connectivity index (χ2n) is 7.27. The molecule has 0 saturated heterocycles. The Morgan fingerprint density at radius 2 is 1.28 bits per heavy atom. The van der Waals surface area contributed by atoms with Crippen molar-refractivity contribution in [2.75, 3.05) is 10.0 Å². The Labute approximate surface area is 187 Å². The van der Waals surface area contributed by atoms with E-state index in [1.807, 2.05) is 54.6 Å². The Balaban J connectivity index is 1.46. The van der Waals surface area contributed by atoms with Crippen LogP contribution in [-0.2, 0) is 16.4 Å². The summed E-state index contributed by atoms with van der Waals surface area (Å²) >= 11 is 0. The third-order valence-corrected chi connectivity index (χ3v) is 6.35. The fourth-order valence-electron chi connectivity index (χ4n) is 3.31. The SMILES string of the molecule is O=C(Nc1ccccc1Cc1ccccc1)c1ccc(NS(=O)(=O)c2ccccc2)cc1. The van der Waals surface area contributed by atoms with Crippen molar-refractivity contribution in [2.45, 2.75) is 11.3 Å². The van der Waals surface area contributed by atoms with E-state index < -0.39 is 10.0 Å². The minimum Gasteiger partial charge on any atom is -0.322 e. The van der Waals surface area contributed by atoms with Crippen molar-refractivity contribution in [3.05, 3.63) is 126 Å². The Morgan fingerprint density at radius 1 is 0.688 bits per heavy atom. The molecule has 0 aliphatic carbocycles. The van der Waals surface area contributed by atoms with Crippen LogP contribution in [-0.4, -0.2) is 14.3 Å². The monoisotopic (exact) mass is 442 g/mol. The summed E-state index contributed by atoms with van der Waals surface area (Å²) in [6.45, 7) is 0. The molecule has 4 rings (SSSR count). The highest BCUT2D eigenvalue weighted by Gasteiger charge is 2.14. The van der Waals surface area contributed by atoms with E-state index in [1.165, 1.54) is 12.1 Å². The van der Waals surface area contributed by atoms with E-state index in [1.54, 1.807) is 42.5 Å². The van der Waals surface area contributed by atoms with Crippen LogP contribution in [0.15, 0.2) is 114 Å². The molecule has 6 heteroatoms. The first-order valence-corrected chi connectivity index (χ1v) is 11.6. The highest BCUT2D eigenvalue weighted by Crippen LogP contribution is 2.21. The lowest BCUT2D eigenvalue weighted by Gasteiger charge is -2.12. The number of hydrogen-bond donors (Lipinski definition) is 2. The zero-order valence-corrected chi connectivity index (χ0v) is 18.0. The van der Waals surface area contributed by atoms with Gasteiger partial charge in [-0.3, -0.25) is 9.52 Å². The van der Waals surface area contributed by atoms with E-state index in [0.29, 0.717) is 17.7 Å². The highest BCUT2D eigenvalue weighted by molar-refractivity contribution is 7.92. The fraction of sp³-hybridized carbons (Fsp3) is 0.0385. The van der Waals surface area contributed by atoms with Crippen molar-refractivity contribution in [3.63, 3.8) is 0 Å². The smallest absolute Gasteiger partial charge is 0.261 e. The van der Waals surface area contributed by atoms with Crippen LogP contribution in [0, 0.1) is 0 Å². The number of carbonyl (C=O) groups is 1. The van der Waals surface area contributed by atoms with Gasteiger partial charge in [0, 0.05) is 16.9 Å². The highest BCUT2D eigenvalue weighted by atomic mass is 32.2. The number of benzene rings is 4. The molecule has 0 spiro atoms. The molecule has 160 valence electrons. The van der Waals surface area contributed by atoms with Gasteiger partial charge in [0.1, 0.15) is 0 Å². The average molecular weight is 443 g/mol. The third kappa shape index (κ3) is 5.22. The van der Waals surface area contributed by atoms with Crippen LogP contribution in [0.2, 0.25) is 0 Å². The van der Waals surface area contributed by atoms with Gasteiger partial charge in [-0.25, -0.2) is 8.42 Å². The Kier molecular flexibility index (Phi) is 6.33. The minimum absolute atomic E-state index is 0.178. The molecule has 5 nitrogen and oxygen atoms in total. The van der Waals surface area contributed by atoms with Gasteiger partial charge in [0.25, 0.3) is 15.9 Å². The van der Waals surface area contributed by atoms with Gasteiger partial charge in [-0.05, 0) is 60.0 Å². The van der Waals surface area contributed by atoms with E-state index in [4.69, 9.17) is 0 Å². The molecule has 4 aromatic rings. The number of sulfonamides is 1. The largest absolute Gasteiger partial charge is 0.322 e. The standard InChI is InChI=1S/C26H22N2O3S/c29-26(27-25-14-8-7-11-22(25)19-20-9-3-1-4-10-20)21-15-17-23(18-16-21)28-32(30,31)24-12-5-2-6-13-24/h1-18,28H,19H2,(H,27,29). The molecule has 0 saturated carbocycles. The summed E-state index contributed by atoms with van der Waals surface area (Å²) in [7, 11) is -3.68. The van der Waals surface area contributed by atoms with E-state index in [9.17, 15) is 13.2 Å². The molecule has 0 unspecified atom stereocenters. The number of rotatable bonds is 7. The van der Waals surface area contributed by atoms with Gasteiger partial charge in [0.2, 0.25) is 0 Å². The Hall–Kier alpha value is -3.90. The summed E-state index contributed by atoms with van der Waals surface area (Å²) in [6, 6.07) is 32.2. The Bertz CT molecular complexity index is 1300. The van der Waals surface area contributed by atoms with Gasteiger partial charge < -0.3 is 5.32 Å². The zero-order valence-electron chi connectivity index (χ0n) is 17.2. The molecule has 32 heavy (non-hydrogen) atoms. The molecule has 0 aromatic heterocycles. The Morgan fingerprint density at radius 3 is 1.97 bits per heavy atom. The minimum atomic E-state index is -3.68. The van der Waals surface area contributed by atoms with Crippen LogP contribution in [0.4, 0.5) is 11.4 Å². The lowest BCUT2D eigenvalue weighted by molar-refractivity contribution is 0.102. The predicted octanol–water partition coefficient (Wildman–Crippen LogP) is 5.33. The maximum Gasteiger partial charge on any atom is 0.261 e. The summed E-state index contributed by atoms with van der Waals surface area (Å²) < 4.78 is 27.4. The third-order valence-electron chi connectivity index (χ3n) is 4.96. The first-order chi connectivity index (χ1) is 15.5. The first kappa shape index (κ1) is 21.3. The van der Waals surface area contributed by atoms with Gasteiger partial charge in [-0.1, -0.05) is 66.7 Å². The van der Waals surface area contributed by atoms with Crippen molar-refractivity contribution in [1.82, 2.24) is 0 Å². The van der Waals surface area contributed by atoms with Gasteiger partial charge in [-0.15, -0.1) is 0 Å². The van der Waals surface area contributed by atoms with Crippen LogP contribution >= 0.6 is 0 Å². The lowest BCUT2D eigenvalue weighted by Crippen LogP contribution is -2.15. The van der Waals surface area contributed by atoms with Crippen molar-refractivity contribution < 1.29 is 13.2 Å². The van der Waals surface area contributed by atoms with Crippen LogP contribution in [0.1, 0.15) is 21.5 Å². The zero-order chi connectivity index (χ0) is 22.4. The lowest BCUT2D eigenvalue weighted by atomic mass is 10.0. The van der Waals surface area contributed by atoms with Crippen molar-refractivity contribution in [1.29, 1.82) is 0 Å². The summed E-state index contributed by atoms with van der Waals surface area (Å²) in [4.78, 5) is 13.0. The molecule has 0 radical (unpaired) electrons. The molecule has 2 N–H and O–H groups in total. The number of para-hydroxylation sites is 1. The topological polar surface area (TPSA) is 75.3 Å². The van der Waals surface area contributed by atoms with E-state index in [-0.39, 0.29) is 10.8 Å². The number of amides is 1. The molecule has 4 aromatic carbocycles. The van der Waals surface area contributed by atoms with Gasteiger partial charge in [0.15, 0.2) is 0 Å². The molecule has 0 aliphatic heterocycles. The fourth-order valence-corrected chi connectivity index (χ4v) is 4.39. The van der Waals surface area contributed by atoms with E-state index >= 15 is 0 Å². The molecular weight excluding hydrogens is 420 g/mol. The molecule has 0 heterocycles. The van der Waals surface area contributed by atoms with Crippen LogP contribution in [0.5, 0.6) is 0 Å². The maximum absolute atomic E-state index is 12.8. The van der Waals surface area contributed by atoms with Gasteiger partial charge >= 0.3 is 0 Å². The first-order valence-electron chi connectivity index (χ1n) is 10.1. The number of nitrogens with one attached hydrogen (secondary N) is 2. The molecule has 1 amide bonds. The number of carbonyl (C=O) groups excluding carboxylic acids is 1. The van der Waals surface area contributed by atoms with E-state index in [0.717, 1.165) is 16.8 Å². The van der Waals surface area contributed by atoms with Crippen molar-refractivity contribution >= 4 is 27.3 Å². The van der Waals surface area contributed by atoms with Crippen LogP contribution in [0.25, 0.3) is 0 Å². The number of hydrogen-bond acceptors (Lipinski definition) is 3. The molecule has 0 atom stereocenters. The quantitative estimate of drug-likeness (QED) is 0.406. The predicted molar refractivity (Wildman–Crippen MR) is 127 cm³/mol. The van der Waals surface area contributed by atoms with Gasteiger partial charge in [0.05, 0.1) is 4.90 Å². The summed E-state index contributed by atoms with van der Waals surface area (Å²) in [5, 5.41) is 2.96.